The fourth-order valence-corrected chi connectivity index (χ4v) is 3.14. The molecule has 0 aliphatic carbocycles. The van der Waals surface area contributed by atoms with Crippen molar-refractivity contribution in [3.63, 3.8) is 0 Å². The van der Waals surface area contributed by atoms with Crippen LogP contribution in [0.3, 0.4) is 0 Å². The van der Waals surface area contributed by atoms with Gasteiger partial charge in [0.2, 0.25) is 5.91 Å². The third kappa shape index (κ3) is 6.07. The van der Waals surface area contributed by atoms with Crippen LogP contribution >= 0.6 is 12.2 Å². The predicted octanol–water partition coefficient (Wildman–Crippen LogP) is 1.05. The number of carbonyl (C=O) groups is 2. The Kier molecular flexibility index (Phi) is 8.00. The molecular formula is C19H29N4O2S+. The lowest BCUT2D eigenvalue weighted by atomic mass is 10.1. The molecule has 142 valence electrons. The predicted molar refractivity (Wildman–Crippen MR) is 107 cm³/mol. The lowest BCUT2D eigenvalue weighted by molar-refractivity contribution is -0.883. The van der Waals surface area contributed by atoms with Gasteiger partial charge >= 0.3 is 0 Å². The number of hydrogen-bond donors (Lipinski definition) is 3. The molecule has 1 saturated heterocycles. The van der Waals surface area contributed by atoms with E-state index in [-0.39, 0.29) is 16.9 Å². The molecule has 1 aromatic rings. The van der Waals surface area contributed by atoms with Gasteiger partial charge in [0.1, 0.15) is 0 Å². The summed E-state index contributed by atoms with van der Waals surface area (Å²) in [6.45, 7) is 5.50. The number of carbonyl (C=O) groups excluding carboxylic acids is 2. The molecule has 1 aliphatic heterocycles. The maximum Gasteiger partial charge on any atom is 0.256 e. The van der Waals surface area contributed by atoms with Gasteiger partial charge in [-0.2, -0.15) is 0 Å². The summed E-state index contributed by atoms with van der Waals surface area (Å²) in [6, 6.07) is 7.29. The molecule has 2 rings (SSSR count). The second kappa shape index (κ2) is 10.2. The molecule has 1 heterocycles. The Labute approximate surface area is 160 Å². The number of benzene rings is 1. The third-order valence-corrected chi connectivity index (χ3v) is 4.77. The van der Waals surface area contributed by atoms with E-state index >= 15 is 0 Å². The van der Waals surface area contributed by atoms with E-state index in [1.807, 2.05) is 23.1 Å². The maximum atomic E-state index is 12.9. The highest BCUT2D eigenvalue weighted by Gasteiger charge is 2.24. The van der Waals surface area contributed by atoms with E-state index in [4.69, 9.17) is 12.2 Å². The molecule has 3 N–H and O–H groups in total. The minimum Gasteiger partial charge on any atom is -0.334 e. The molecule has 0 saturated carbocycles. The number of likely N-dealkylation sites (N-methyl/N-ethyl adjacent to an activating group) is 1. The van der Waals surface area contributed by atoms with Crippen LogP contribution in [0.4, 0.5) is 5.69 Å². The average molecular weight is 378 g/mol. The van der Waals surface area contributed by atoms with Gasteiger partial charge in [-0.15, -0.1) is 0 Å². The number of amides is 2. The highest BCUT2D eigenvalue weighted by Crippen LogP contribution is 2.17. The van der Waals surface area contributed by atoms with Crippen LogP contribution in [-0.2, 0) is 4.79 Å². The molecule has 7 heteroatoms. The number of unbranched alkanes of at least 4 members (excludes halogenated alkanes) is 2. The molecule has 0 radical (unpaired) electrons. The number of hydrogen-bond acceptors (Lipinski definition) is 3. The van der Waals surface area contributed by atoms with Crippen LogP contribution in [-0.4, -0.2) is 55.1 Å². The molecule has 26 heavy (non-hydrogen) atoms. The molecule has 2 amide bonds. The fraction of sp³-hybridized carbons (Fsp3) is 0.526. The summed E-state index contributed by atoms with van der Waals surface area (Å²) in [5.41, 5.74) is 1.21. The number of nitrogens with one attached hydrogen (secondary N) is 3. The van der Waals surface area contributed by atoms with Gasteiger partial charge in [-0.05, 0) is 30.8 Å². The Bertz CT molecular complexity index is 642. The summed E-state index contributed by atoms with van der Waals surface area (Å²) in [4.78, 5) is 28.1. The second-order valence-corrected chi connectivity index (χ2v) is 7.16. The van der Waals surface area contributed by atoms with E-state index in [9.17, 15) is 9.59 Å². The minimum atomic E-state index is -0.0956. The van der Waals surface area contributed by atoms with Gasteiger partial charge in [-0.25, -0.2) is 0 Å². The van der Waals surface area contributed by atoms with Crippen LogP contribution in [0.2, 0.25) is 0 Å². The van der Waals surface area contributed by atoms with Gasteiger partial charge in [-0.3, -0.25) is 9.59 Å². The first-order valence-electron chi connectivity index (χ1n) is 9.31. The average Bonchev–Trinajstić information content (AvgIpc) is 2.62. The Morgan fingerprint density at radius 3 is 2.58 bits per heavy atom. The molecule has 0 aromatic heterocycles. The Morgan fingerprint density at radius 2 is 1.88 bits per heavy atom. The number of piperazine rings is 1. The minimum absolute atomic E-state index is 0.00216. The molecule has 0 spiro atoms. The summed E-state index contributed by atoms with van der Waals surface area (Å²) in [7, 11) is 2.14. The number of thiocarbonyl (C=S) groups is 1. The van der Waals surface area contributed by atoms with Crippen molar-refractivity contribution in [2.75, 3.05) is 38.5 Å². The van der Waals surface area contributed by atoms with E-state index in [1.165, 1.54) is 4.90 Å². The lowest BCUT2D eigenvalue weighted by Crippen LogP contribution is -3.12. The molecule has 0 atom stereocenters. The molecule has 6 nitrogen and oxygen atoms in total. The first-order valence-corrected chi connectivity index (χ1v) is 9.72. The maximum absolute atomic E-state index is 12.9. The molecule has 1 aliphatic rings. The van der Waals surface area contributed by atoms with Crippen molar-refractivity contribution >= 4 is 34.8 Å². The van der Waals surface area contributed by atoms with Crippen molar-refractivity contribution in [2.45, 2.75) is 32.6 Å². The monoisotopic (exact) mass is 377 g/mol. The van der Waals surface area contributed by atoms with Crippen LogP contribution in [0, 0.1) is 0 Å². The lowest BCUT2D eigenvalue weighted by Gasteiger charge is -2.30. The Morgan fingerprint density at radius 1 is 1.19 bits per heavy atom. The first kappa shape index (κ1) is 20.3. The van der Waals surface area contributed by atoms with Gasteiger partial charge < -0.3 is 20.4 Å². The smallest absolute Gasteiger partial charge is 0.256 e. The van der Waals surface area contributed by atoms with Crippen molar-refractivity contribution in [2.24, 2.45) is 0 Å². The summed E-state index contributed by atoms with van der Waals surface area (Å²) in [5, 5.41) is 5.93. The van der Waals surface area contributed by atoms with Gasteiger partial charge in [-0.1, -0.05) is 31.9 Å². The summed E-state index contributed by atoms with van der Waals surface area (Å²) in [6.07, 6.45) is 3.40. The molecular weight excluding hydrogens is 348 g/mol. The normalized spacial score (nSPS) is 14.8. The van der Waals surface area contributed by atoms with Crippen molar-refractivity contribution in [1.82, 2.24) is 10.2 Å². The zero-order valence-corrected chi connectivity index (χ0v) is 16.5. The van der Waals surface area contributed by atoms with Crippen molar-refractivity contribution in [3.8, 4) is 0 Å². The van der Waals surface area contributed by atoms with Crippen LogP contribution in [0.15, 0.2) is 24.3 Å². The van der Waals surface area contributed by atoms with E-state index in [1.54, 1.807) is 6.07 Å². The number of rotatable bonds is 6. The Hall–Kier alpha value is -1.99. The number of nitrogens with zero attached hydrogens (tertiary/aromatic N) is 1. The summed E-state index contributed by atoms with van der Waals surface area (Å²) >= 11 is 5.24. The van der Waals surface area contributed by atoms with E-state index in [0.29, 0.717) is 17.7 Å². The van der Waals surface area contributed by atoms with Gasteiger partial charge in [0.05, 0.1) is 44.5 Å². The number of anilines is 1. The van der Waals surface area contributed by atoms with Gasteiger partial charge in [0.15, 0.2) is 5.11 Å². The summed E-state index contributed by atoms with van der Waals surface area (Å²) < 4.78 is 0. The SMILES string of the molecule is CCCCCC(=O)NC(=S)Nc1ccccc1C(=O)N1CC[NH+](C)CC1. The third-order valence-electron chi connectivity index (χ3n) is 4.57. The molecule has 0 bridgehead atoms. The summed E-state index contributed by atoms with van der Waals surface area (Å²) in [5.74, 6) is -0.0977. The topological polar surface area (TPSA) is 65.9 Å². The first-order chi connectivity index (χ1) is 12.5. The number of quaternary nitrogens is 1. The highest BCUT2D eigenvalue weighted by atomic mass is 32.1. The zero-order valence-electron chi connectivity index (χ0n) is 15.6. The Balaban J connectivity index is 1.96. The van der Waals surface area contributed by atoms with E-state index in [2.05, 4.69) is 24.6 Å². The zero-order chi connectivity index (χ0) is 18.9. The van der Waals surface area contributed by atoms with Gasteiger partial charge in [0.25, 0.3) is 5.91 Å². The van der Waals surface area contributed by atoms with Crippen LogP contribution in [0.25, 0.3) is 0 Å². The van der Waals surface area contributed by atoms with Crippen molar-refractivity contribution < 1.29 is 14.5 Å². The van der Waals surface area contributed by atoms with E-state index in [0.717, 1.165) is 45.4 Å². The highest BCUT2D eigenvalue weighted by molar-refractivity contribution is 7.80. The largest absolute Gasteiger partial charge is 0.334 e. The van der Waals surface area contributed by atoms with Crippen LogP contribution < -0.4 is 15.5 Å². The molecule has 1 fully saturated rings. The van der Waals surface area contributed by atoms with Crippen LogP contribution in [0.1, 0.15) is 43.0 Å². The molecule has 0 unspecified atom stereocenters. The quantitative estimate of drug-likeness (QED) is 0.512. The van der Waals surface area contributed by atoms with Crippen molar-refractivity contribution in [3.05, 3.63) is 29.8 Å². The fourth-order valence-electron chi connectivity index (χ4n) is 2.92. The standard InChI is InChI=1S/C19H28N4O2S/c1-3-4-5-10-17(24)21-19(26)20-16-9-7-6-8-15(16)18(25)23-13-11-22(2)12-14-23/h6-9H,3-5,10-14H2,1-2H3,(H2,20,21,24,26)/p+1. The molecule has 1 aromatic carbocycles. The van der Waals surface area contributed by atoms with Gasteiger partial charge in [0, 0.05) is 6.42 Å². The van der Waals surface area contributed by atoms with Crippen LogP contribution in [0.5, 0.6) is 0 Å². The second-order valence-electron chi connectivity index (χ2n) is 6.75. The van der Waals surface area contributed by atoms with E-state index < -0.39 is 0 Å². The number of para-hydroxylation sites is 1. The van der Waals surface area contributed by atoms with Crippen molar-refractivity contribution in [1.29, 1.82) is 0 Å².